The Morgan fingerprint density at radius 1 is 0.554 bits per heavy atom. The molecule has 2 aliphatic heterocycles. The van der Waals surface area contributed by atoms with Crippen molar-refractivity contribution in [2.75, 3.05) is 9.80 Å². The Hall–Kier alpha value is -2.71. The number of halogens is 2. The summed E-state index contributed by atoms with van der Waals surface area (Å²) < 4.78 is 1.12. The van der Waals surface area contributed by atoms with Crippen molar-refractivity contribution >= 4 is 40.4 Å². The van der Waals surface area contributed by atoms with E-state index in [1.807, 2.05) is 24.3 Å². The van der Waals surface area contributed by atoms with Crippen LogP contribution < -0.4 is 9.80 Å². The standard InChI is InChI=1S/2C18H28N.C15H10.2ClH.Ru/c2*1-13(2)15-10-8-9-14(3)16(15)19-12-17(4,5)11-18(19,6)7;1-2-6-12(7-3-1)15-11-10-13-8-4-5-9-14(13)15;;;/h2*8-10,12-13H,11H2,1-7H3;1-9,11H;2*1H;/q2*-1;;;;+2/p-2. The fourth-order valence-electron chi connectivity index (χ4n) is 9.39. The van der Waals surface area contributed by atoms with Gasteiger partial charge in [-0.1, -0.05) is 105 Å². The van der Waals surface area contributed by atoms with E-state index in [0.29, 0.717) is 11.8 Å². The number of hydrogen-bond donors (Lipinski definition) is 0. The summed E-state index contributed by atoms with van der Waals surface area (Å²) in [5.41, 5.74) is 14.3. The van der Waals surface area contributed by atoms with E-state index in [9.17, 15) is 0 Å². The van der Waals surface area contributed by atoms with Crippen LogP contribution in [-0.4, -0.2) is 15.2 Å². The molecule has 3 aliphatic rings. The molecule has 0 radical (unpaired) electrons. The normalized spacial score (nSPS) is 18.9. The first-order valence-corrected chi connectivity index (χ1v) is 25.6. The van der Waals surface area contributed by atoms with Gasteiger partial charge < -0.3 is 9.80 Å². The molecule has 56 heavy (non-hydrogen) atoms. The van der Waals surface area contributed by atoms with Crippen LogP contribution in [0.15, 0.2) is 97.1 Å². The van der Waals surface area contributed by atoms with Crippen molar-refractivity contribution in [3.63, 3.8) is 0 Å². The van der Waals surface area contributed by atoms with Crippen LogP contribution in [0.5, 0.6) is 0 Å². The van der Waals surface area contributed by atoms with Gasteiger partial charge in [-0.05, 0) is 75.6 Å². The molecule has 4 aromatic rings. The molecule has 2 fully saturated rings. The van der Waals surface area contributed by atoms with Gasteiger partial charge in [0.25, 0.3) is 0 Å². The molecular formula is C51H66Cl2N2Ru-2. The number of fused-ring (bicyclic) bond motifs is 1. The van der Waals surface area contributed by atoms with Gasteiger partial charge in [-0.25, -0.2) is 13.1 Å². The molecule has 0 atom stereocenters. The summed E-state index contributed by atoms with van der Waals surface area (Å²) in [6.45, 7) is 37.2. The van der Waals surface area contributed by atoms with E-state index in [2.05, 4.69) is 193 Å². The summed E-state index contributed by atoms with van der Waals surface area (Å²) in [5, 5.41) is 0. The zero-order valence-electron chi connectivity index (χ0n) is 36.5. The third-order valence-corrected chi connectivity index (χ3v) is 14.4. The second-order valence-electron chi connectivity index (χ2n) is 19.3. The van der Waals surface area contributed by atoms with Gasteiger partial charge in [-0.3, -0.25) is 0 Å². The number of rotatable bonds is 5. The van der Waals surface area contributed by atoms with E-state index in [-0.39, 0.29) is 21.9 Å². The van der Waals surface area contributed by atoms with Crippen LogP contribution in [0.3, 0.4) is 0 Å². The molecule has 1 aliphatic carbocycles. The Kier molecular flexibility index (Phi) is 13.7. The van der Waals surface area contributed by atoms with Gasteiger partial charge in [0.1, 0.15) is 0 Å². The number of benzene rings is 4. The van der Waals surface area contributed by atoms with Crippen LogP contribution in [0, 0.1) is 37.8 Å². The number of anilines is 2. The molecule has 2 nitrogen and oxygen atoms in total. The van der Waals surface area contributed by atoms with Gasteiger partial charge in [0.05, 0.1) is 0 Å². The van der Waals surface area contributed by atoms with Crippen molar-refractivity contribution in [1.82, 2.24) is 0 Å². The van der Waals surface area contributed by atoms with Crippen LogP contribution >= 0.6 is 19.4 Å². The summed E-state index contributed by atoms with van der Waals surface area (Å²) >= 11 is -1.88. The van der Waals surface area contributed by atoms with Crippen LogP contribution in [0.25, 0.3) is 5.57 Å². The molecule has 0 saturated carbocycles. The Labute approximate surface area is 354 Å². The second-order valence-corrected chi connectivity index (χ2v) is 25.1. The van der Waals surface area contributed by atoms with Crippen LogP contribution in [0.2, 0.25) is 0 Å². The molecule has 304 valence electrons. The minimum absolute atomic E-state index is 0.194. The third-order valence-electron chi connectivity index (χ3n) is 11.3. The van der Waals surface area contributed by atoms with Gasteiger partial charge in [0.2, 0.25) is 0 Å². The van der Waals surface area contributed by atoms with Gasteiger partial charge in [-0.2, -0.15) is 0 Å². The van der Waals surface area contributed by atoms with E-state index < -0.39 is 13.5 Å². The molecule has 4 aromatic carbocycles. The third kappa shape index (κ3) is 9.93. The van der Waals surface area contributed by atoms with E-state index in [0.717, 1.165) is 4.11 Å². The average Bonchev–Trinajstić information content (AvgIpc) is 3.68. The van der Waals surface area contributed by atoms with Crippen LogP contribution in [0.1, 0.15) is 147 Å². The molecule has 0 aromatic heterocycles. The zero-order chi connectivity index (χ0) is 41.4. The maximum atomic E-state index is 6.19. The van der Waals surface area contributed by atoms with E-state index in [1.165, 1.54) is 68.7 Å². The molecule has 0 spiro atoms. The Morgan fingerprint density at radius 3 is 1.34 bits per heavy atom. The van der Waals surface area contributed by atoms with Crippen molar-refractivity contribution in [2.24, 2.45) is 10.8 Å². The van der Waals surface area contributed by atoms with Crippen molar-refractivity contribution in [3.8, 4) is 0 Å². The van der Waals surface area contributed by atoms with Gasteiger partial charge in [-0.15, -0.1) is 10.8 Å². The second kappa shape index (κ2) is 17.3. The summed E-state index contributed by atoms with van der Waals surface area (Å²) in [4.78, 5) is 5.05. The first kappa shape index (κ1) is 44.4. The predicted octanol–water partition coefficient (Wildman–Crippen LogP) is 15.2. The Morgan fingerprint density at radius 2 is 0.964 bits per heavy atom. The van der Waals surface area contributed by atoms with Gasteiger partial charge in [0.15, 0.2) is 0 Å². The van der Waals surface area contributed by atoms with E-state index >= 15 is 0 Å². The van der Waals surface area contributed by atoms with E-state index in [1.54, 1.807) is 0 Å². The predicted molar refractivity (Wildman–Crippen MR) is 245 cm³/mol. The summed E-state index contributed by atoms with van der Waals surface area (Å²) in [6.07, 6.45) is 4.55. The van der Waals surface area contributed by atoms with Crippen molar-refractivity contribution in [1.29, 1.82) is 0 Å². The summed E-state index contributed by atoms with van der Waals surface area (Å²) in [5.74, 6) is 1.12. The molecular weight excluding hydrogens is 813 g/mol. The Bertz CT molecular complexity index is 1980. The SMILES string of the molecule is Cc1cccc(C(C)C)c1N1[CH-]C(C)(C)CC1(C)C.Cc1cccc(C(C)C)c1N1[CH-]C(C)(C)CC1(C)C.[Cl][Ru]([Cl])=[C]1C=C(c2ccccc2)c2ccccc21. The summed E-state index contributed by atoms with van der Waals surface area (Å²) in [6, 6.07) is 32.1. The quantitative estimate of drug-likeness (QED) is 0.146. The van der Waals surface area contributed by atoms with Crippen molar-refractivity contribution < 1.29 is 13.5 Å². The molecule has 0 amide bonds. The van der Waals surface area contributed by atoms with Crippen molar-refractivity contribution in [2.45, 2.75) is 133 Å². The van der Waals surface area contributed by atoms with Crippen molar-refractivity contribution in [3.05, 3.63) is 149 Å². The number of hydrogen-bond acceptors (Lipinski definition) is 2. The number of nitrogens with zero attached hydrogens (tertiary/aromatic N) is 2. The van der Waals surface area contributed by atoms with E-state index in [4.69, 9.17) is 19.4 Å². The van der Waals surface area contributed by atoms with Gasteiger partial charge in [0, 0.05) is 22.5 Å². The molecule has 0 N–H and O–H groups in total. The Balaban J connectivity index is 0.000000161. The molecule has 7 rings (SSSR count). The number of para-hydroxylation sites is 2. The van der Waals surface area contributed by atoms with Crippen LogP contribution in [0.4, 0.5) is 11.4 Å². The van der Waals surface area contributed by atoms with Crippen LogP contribution in [-0.2, 0) is 13.5 Å². The molecule has 0 bridgehead atoms. The number of aryl methyl sites for hydroxylation is 2. The fraction of sp³-hybridized carbons (Fsp3) is 0.431. The first-order valence-electron chi connectivity index (χ1n) is 20.3. The van der Waals surface area contributed by atoms with Gasteiger partial charge >= 0.3 is 120 Å². The molecule has 2 heterocycles. The zero-order valence-corrected chi connectivity index (χ0v) is 39.7. The molecule has 2 saturated heterocycles. The summed E-state index contributed by atoms with van der Waals surface area (Å²) in [7, 11) is 12.4. The maximum absolute atomic E-state index is 6.19. The molecule has 5 heteroatoms. The number of allylic oxidation sites excluding steroid dienone is 1. The topological polar surface area (TPSA) is 6.48 Å². The minimum atomic E-state index is -1.88. The average molecular weight is 879 g/mol. The monoisotopic (exact) mass is 878 g/mol. The molecule has 0 unspecified atom stereocenters. The first-order chi connectivity index (χ1) is 26.0. The fourth-order valence-corrected chi connectivity index (χ4v) is 11.9.